The van der Waals surface area contributed by atoms with Crippen LogP contribution in [0.2, 0.25) is 0 Å². The number of allylic oxidation sites excluding steroid dienone is 4. The first kappa shape index (κ1) is 13.6. The zero-order valence-corrected chi connectivity index (χ0v) is 12.7. The molecule has 0 spiro atoms. The van der Waals surface area contributed by atoms with Gasteiger partial charge < -0.3 is 10.2 Å². The summed E-state index contributed by atoms with van der Waals surface area (Å²) in [5.41, 5.74) is 5.59. The summed E-state index contributed by atoms with van der Waals surface area (Å²) < 4.78 is 0. The van der Waals surface area contributed by atoms with Gasteiger partial charge in [-0.15, -0.1) is 0 Å². The third-order valence-corrected chi connectivity index (χ3v) is 4.56. The van der Waals surface area contributed by atoms with E-state index in [0.29, 0.717) is 6.04 Å². The number of hydrogen-bond acceptors (Lipinski definition) is 3. The fourth-order valence-corrected chi connectivity index (χ4v) is 3.38. The third kappa shape index (κ3) is 2.59. The molecule has 1 saturated carbocycles. The van der Waals surface area contributed by atoms with Crippen LogP contribution in [0, 0.1) is 5.92 Å². The highest BCUT2D eigenvalue weighted by atomic mass is 15.2. The Balaban J connectivity index is 1.92. The second-order valence-electron chi connectivity index (χ2n) is 6.16. The SMILES string of the molecule is C=CN=C1CC=C(C2CC2)/C1=C(/C)N1CCN[C@H](C)C1. The Morgan fingerprint density at radius 3 is 2.95 bits per heavy atom. The minimum Gasteiger partial charge on any atom is -0.372 e. The first-order valence-corrected chi connectivity index (χ1v) is 7.78. The lowest BCUT2D eigenvalue weighted by Gasteiger charge is -2.35. The molecule has 0 amide bonds. The van der Waals surface area contributed by atoms with Gasteiger partial charge in [0.2, 0.25) is 0 Å². The van der Waals surface area contributed by atoms with Gasteiger partial charge in [0.1, 0.15) is 0 Å². The lowest BCUT2D eigenvalue weighted by atomic mass is 10.00. The van der Waals surface area contributed by atoms with Gasteiger partial charge in [-0.25, -0.2) is 0 Å². The van der Waals surface area contributed by atoms with Crippen molar-refractivity contribution in [1.82, 2.24) is 10.2 Å². The molecule has 20 heavy (non-hydrogen) atoms. The zero-order chi connectivity index (χ0) is 14.1. The molecule has 1 saturated heterocycles. The molecule has 1 N–H and O–H groups in total. The Hall–Kier alpha value is -1.35. The molecule has 1 heterocycles. The molecule has 2 aliphatic carbocycles. The fraction of sp³-hybridized carbons (Fsp3) is 0.588. The van der Waals surface area contributed by atoms with Crippen molar-refractivity contribution >= 4 is 5.71 Å². The van der Waals surface area contributed by atoms with Crippen LogP contribution in [0.5, 0.6) is 0 Å². The summed E-state index contributed by atoms with van der Waals surface area (Å²) in [7, 11) is 0. The normalized spacial score (nSPS) is 31.5. The molecular weight excluding hydrogens is 246 g/mol. The van der Waals surface area contributed by atoms with E-state index in [1.807, 2.05) is 0 Å². The van der Waals surface area contributed by atoms with Crippen LogP contribution in [0.1, 0.15) is 33.1 Å². The molecule has 0 radical (unpaired) electrons. The van der Waals surface area contributed by atoms with E-state index in [0.717, 1.165) is 32.0 Å². The molecule has 0 bridgehead atoms. The van der Waals surface area contributed by atoms with Crippen molar-refractivity contribution in [3.63, 3.8) is 0 Å². The van der Waals surface area contributed by atoms with Crippen LogP contribution in [-0.2, 0) is 0 Å². The Kier molecular flexibility index (Phi) is 3.79. The highest BCUT2D eigenvalue weighted by Crippen LogP contribution is 2.44. The van der Waals surface area contributed by atoms with Gasteiger partial charge in [0.05, 0.1) is 5.71 Å². The number of piperazine rings is 1. The van der Waals surface area contributed by atoms with Gasteiger partial charge in [-0.2, -0.15) is 0 Å². The second-order valence-corrected chi connectivity index (χ2v) is 6.16. The smallest absolute Gasteiger partial charge is 0.0533 e. The minimum absolute atomic E-state index is 0.564. The summed E-state index contributed by atoms with van der Waals surface area (Å²) in [5.74, 6) is 0.790. The molecule has 0 aromatic carbocycles. The van der Waals surface area contributed by atoms with E-state index in [9.17, 15) is 0 Å². The maximum Gasteiger partial charge on any atom is 0.0533 e. The highest BCUT2D eigenvalue weighted by molar-refractivity contribution is 6.08. The van der Waals surface area contributed by atoms with E-state index >= 15 is 0 Å². The molecule has 0 aromatic heterocycles. The predicted octanol–water partition coefficient (Wildman–Crippen LogP) is 2.88. The summed E-state index contributed by atoms with van der Waals surface area (Å²) in [5, 5.41) is 3.51. The van der Waals surface area contributed by atoms with Crippen LogP contribution in [0.25, 0.3) is 0 Å². The highest BCUT2D eigenvalue weighted by Gasteiger charge is 2.34. The van der Waals surface area contributed by atoms with Crippen LogP contribution in [0.15, 0.2) is 40.7 Å². The topological polar surface area (TPSA) is 27.6 Å². The van der Waals surface area contributed by atoms with E-state index in [1.54, 1.807) is 11.8 Å². The van der Waals surface area contributed by atoms with Crippen LogP contribution in [-0.4, -0.2) is 36.3 Å². The molecule has 3 nitrogen and oxygen atoms in total. The van der Waals surface area contributed by atoms with Crippen LogP contribution < -0.4 is 5.32 Å². The van der Waals surface area contributed by atoms with Crippen molar-refractivity contribution in [2.75, 3.05) is 19.6 Å². The predicted molar refractivity (Wildman–Crippen MR) is 84.8 cm³/mol. The van der Waals surface area contributed by atoms with Crippen molar-refractivity contribution < 1.29 is 0 Å². The van der Waals surface area contributed by atoms with Crippen molar-refractivity contribution in [2.45, 2.75) is 39.2 Å². The number of rotatable bonds is 3. The number of hydrogen-bond donors (Lipinski definition) is 1. The molecule has 3 heteroatoms. The van der Waals surface area contributed by atoms with E-state index < -0.39 is 0 Å². The van der Waals surface area contributed by atoms with Crippen LogP contribution in [0.4, 0.5) is 0 Å². The first-order chi connectivity index (χ1) is 9.70. The molecule has 1 atom stereocenters. The fourth-order valence-electron chi connectivity index (χ4n) is 3.38. The number of nitrogens with one attached hydrogen (secondary N) is 1. The molecule has 0 aromatic rings. The van der Waals surface area contributed by atoms with Crippen LogP contribution >= 0.6 is 0 Å². The van der Waals surface area contributed by atoms with E-state index in [-0.39, 0.29) is 0 Å². The average Bonchev–Trinajstić information content (AvgIpc) is 3.20. The molecule has 2 fully saturated rings. The van der Waals surface area contributed by atoms with Crippen molar-refractivity contribution in [2.24, 2.45) is 10.9 Å². The molecule has 1 aliphatic heterocycles. The van der Waals surface area contributed by atoms with Gasteiger partial charge in [-0.3, -0.25) is 4.99 Å². The summed E-state index contributed by atoms with van der Waals surface area (Å²) in [6.45, 7) is 11.6. The van der Waals surface area contributed by atoms with E-state index in [2.05, 4.69) is 41.7 Å². The minimum atomic E-state index is 0.564. The molecule has 3 aliphatic rings. The van der Waals surface area contributed by atoms with Gasteiger partial charge in [0.15, 0.2) is 0 Å². The van der Waals surface area contributed by atoms with Crippen molar-refractivity contribution in [1.29, 1.82) is 0 Å². The zero-order valence-electron chi connectivity index (χ0n) is 12.7. The molecule has 0 unspecified atom stereocenters. The van der Waals surface area contributed by atoms with Crippen molar-refractivity contribution in [3.8, 4) is 0 Å². The Morgan fingerprint density at radius 1 is 1.50 bits per heavy atom. The molecule has 3 rings (SSSR count). The summed E-state index contributed by atoms with van der Waals surface area (Å²) in [6, 6.07) is 0.564. The Labute approximate surface area is 122 Å². The lowest BCUT2D eigenvalue weighted by Crippen LogP contribution is -2.48. The monoisotopic (exact) mass is 271 g/mol. The quantitative estimate of drug-likeness (QED) is 0.854. The standard InChI is InChI=1S/C17H25N3/c1-4-18-16-8-7-15(14-5-6-14)17(16)13(3)20-10-9-19-12(2)11-20/h4,7,12,14,19H,1,5-6,8-11H2,2-3H3/b17-13+,18-16?/t12-/m1/s1. The van der Waals surface area contributed by atoms with Gasteiger partial charge in [-0.1, -0.05) is 12.7 Å². The summed E-state index contributed by atoms with van der Waals surface area (Å²) >= 11 is 0. The summed E-state index contributed by atoms with van der Waals surface area (Å²) in [6.07, 6.45) is 7.76. The van der Waals surface area contributed by atoms with Gasteiger partial charge >= 0.3 is 0 Å². The van der Waals surface area contributed by atoms with Gasteiger partial charge in [0.25, 0.3) is 0 Å². The Bertz CT molecular complexity index is 494. The maximum absolute atomic E-state index is 4.53. The number of aliphatic imine (C=N–C) groups is 1. The lowest BCUT2D eigenvalue weighted by molar-refractivity contribution is 0.255. The van der Waals surface area contributed by atoms with E-state index in [1.165, 1.54) is 29.8 Å². The largest absolute Gasteiger partial charge is 0.372 e. The first-order valence-electron chi connectivity index (χ1n) is 7.78. The van der Waals surface area contributed by atoms with Crippen molar-refractivity contribution in [3.05, 3.63) is 35.7 Å². The Morgan fingerprint density at radius 2 is 2.30 bits per heavy atom. The average molecular weight is 271 g/mol. The molecular formula is C17H25N3. The third-order valence-electron chi connectivity index (χ3n) is 4.56. The summed E-state index contributed by atoms with van der Waals surface area (Å²) in [4.78, 5) is 7.05. The second kappa shape index (κ2) is 5.57. The van der Waals surface area contributed by atoms with Crippen LogP contribution in [0.3, 0.4) is 0 Å². The van der Waals surface area contributed by atoms with Gasteiger partial charge in [-0.05, 0) is 38.2 Å². The maximum atomic E-state index is 4.53. The van der Waals surface area contributed by atoms with Gasteiger partial charge in [0, 0.05) is 49.6 Å². The molecule has 108 valence electrons. The number of nitrogens with zero attached hydrogens (tertiary/aromatic N) is 2. The van der Waals surface area contributed by atoms with E-state index in [4.69, 9.17) is 0 Å².